The highest BCUT2D eigenvalue weighted by Gasteiger charge is 2.34. The Morgan fingerprint density at radius 2 is 1.95 bits per heavy atom. The van der Waals surface area contributed by atoms with E-state index in [0.717, 1.165) is 25.3 Å². The van der Waals surface area contributed by atoms with Crippen molar-refractivity contribution in [1.29, 1.82) is 0 Å². The third-order valence-corrected chi connectivity index (χ3v) is 4.31. The van der Waals surface area contributed by atoms with Crippen LogP contribution in [-0.4, -0.2) is 42.6 Å². The van der Waals surface area contributed by atoms with Gasteiger partial charge in [-0.05, 0) is 38.0 Å². The lowest BCUT2D eigenvalue weighted by Crippen LogP contribution is -2.52. The number of hydrogen-bond donors (Lipinski definition) is 1. The molecule has 5 heteroatoms. The van der Waals surface area contributed by atoms with Crippen LogP contribution in [0.4, 0.5) is 4.79 Å². The van der Waals surface area contributed by atoms with Gasteiger partial charge in [0.25, 0.3) is 0 Å². The van der Waals surface area contributed by atoms with Crippen LogP contribution in [0.3, 0.4) is 0 Å². The van der Waals surface area contributed by atoms with Crippen LogP contribution in [-0.2, 0) is 9.53 Å². The second kappa shape index (κ2) is 7.66. The highest BCUT2D eigenvalue weighted by atomic mass is 16.5. The third kappa shape index (κ3) is 5.21. The number of carbonyl (C=O) groups is 2. The lowest BCUT2D eigenvalue weighted by Gasteiger charge is -2.38. The standard InChI is InChI=1S/C16H28N2O3/c1-3-5-15(19)18-10-13(8-12-6-7-12)9-14(11-18)17-16(20)21-4-2/h12-14H,3-11H2,1-2H3,(H,17,20). The summed E-state index contributed by atoms with van der Waals surface area (Å²) in [7, 11) is 0. The number of hydrogen-bond acceptors (Lipinski definition) is 3. The topological polar surface area (TPSA) is 58.6 Å². The van der Waals surface area contributed by atoms with Crippen molar-refractivity contribution in [2.75, 3.05) is 19.7 Å². The number of nitrogens with one attached hydrogen (secondary N) is 1. The Morgan fingerprint density at radius 3 is 2.57 bits per heavy atom. The summed E-state index contributed by atoms with van der Waals surface area (Å²) in [6, 6.07) is 0.0300. The molecule has 0 bridgehead atoms. The molecule has 1 saturated heterocycles. The fraction of sp³-hybridized carbons (Fsp3) is 0.875. The fourth-order valence-corrected chi connectivity index (χ4v) is 3.22. The van der Waals surface area contributed by atoms with E-state index in [4.69, 9.17) is 4.74 Å². The number of carbonyl (C=O) groups excluding carboxylic acids is 2. The highest BCUT2D eigenvalue weighted by Crippen LogP contribution is 2.37. The number of likely N-dealkylation sites (tertiary alicyclic amines) is 1. The van der Waals surface area contributed by atoms with Gasteiger partial charge in [-0.25, -0.2) is 4.79 Å². The Kier molecular flexibility index (Phi) is 5.88. The van der Waals surface area contributed by atoms with Gasteiger partial charge in [0.2, 0.25) is 5.91 Å². The van der Waals surface area contributed by atoms with Crippen LogP contribution < -0.4 is 5.32 Å². The molecule has 0 aromatic heterocycles. The lowest BCUT2D eigenvalue weighted by atomic mass is 9.89. The van der Waals surface area contributed by atoms with E-state index in [1.807, 2.05) is 11.8 Å². The van der Waals surface area contributed by atoms with Gasteiger partial charge in [0.05, 0.1) is 12.6 Å². The lowest BCUT2D eigenvalue weighted by molar-refractivity contribution is -0.133. The molecular formula is C16H28N2O3. The number of piperidine rings is 1. The van der Waals surface area contributed by atoms with Gasteiger partial charge in [-0.3, -0.25) is 4.79 Å². The quantitative estimate of drug-likeness (QED) is 0.819. The smallest absolute Gasteiger partial charge is 0.407 e. The van der Waals surface area contributed by atoms with Gasteiger partial charge in [0, 0.05) is 19.5 Å². The normalized spacial score (nSPS) is 25.5. The molecule has 0 spiro atoms. The number of alkyl carbamates (subject to hydrolysis) is 1. The van der Waals surface area contributed by atoms with Crippen molar-refractivity contribution in [3.05, 3.63) is 0 Å². The number of nitrogens with zero attached hydrogens (tertiary/aromatic N) is 1. The van der Waals surface area contributed by atoms with E-state index in [9.17, 15) is 9.59 Å². The van der Waals surface area contributed by atoms with Gasteiger partial charge in [0.15, 0.2) is 0 Å². The van der Waals surface area contributed by atoms with E-state index < -0.39 is 0 Å². The molecule has 2 amide bonds. The molecule has 1 aliphatic heterocycles. The van der Waals surface area contributed by atoms with Crippen molar-refractivity contribution in [3.8, 4) is 0 Å². The first-order chi connectivity index (χ1) is 10.1. The van der Waals surface area contributed by atoms with Crippen LogP contribution in [0.1, 0.15) is 52.4 Å². The van der Waals surface area contributed by atoms with Crippen molar-refractivity contribution in [3.63, 3.8) is 0 Å². The Bertz CT molecular complexity index is 369. The SMILES string of the molecule is CCCC(=O)N1CC(CC2CC2)CC(NC(=O)OCC)C1. The summed E-state index contributed by atoms with van der Waals surface area (Å²) < 4.78 is 4.96. The minimum atomic E-state index is -0.363. The van der Waals surface area contributed by atoms with Crippen molar-refractivity contribution in [2.45, 2.75) is 58.4 Å². The van der Waals surface area contributed by atoms with Gasteiger partial charge < -0.3 is 15.0 Å². The van der Waals surface area contributed by atoms with Crippen molar-refractivity contribution in [2.24, 2.45) is 11.8 Å². The molecule has 2 fully saturated rings. The van der Waals surface area contributed by atoms with Gasteiger partial charge in [-0.1, -0.05) is 19.8 Å². The Hall–Kier alpha value is -1.26. The van der Waals surface area contributed by atoms with Crippen LogP contribution in [0.2, 0.25) is 0 Å². The maximum Gasteiger partial charge on any atom is 0.407 e. The maximum atomic E-state index is 12.2. The van der Waals surface area contributed by atoms with Crippen LogP contribution in [0.25, 0.3) is 0 Å². The predicted molar refractivity (Wildman–Crippen MR) is 80.9 cm³/mol. The zero-order valence-corrected chi connectivity index (χ0v) is 13.3. The zero-order valence-electron chi connectivity index (χ0n) is 13.3. The van der Waals surface area contributed by atoms with Gasteiger partial charge >= 0.3 is 6.09 Å². The molecule has 0 radical (unpaired) electrons. The van der Waals surface area contributed by atoms with E-state index in [-0.39, 0.29) is 18.0 Å². The predicted octanol–water partition coefficient (Wildman–Crippen LogP) is 2.55. The first-order valence-electron chi connectivity index (χ1n) is 8.33. The van der Waals surface area contributed by atoms with Gasteiger partial charge in [0.1, 0.15) is 0 Å². The first kappa shape index (κ1) is 16.1. The van der Waals surface area contributed by atoms with E-state index in [0.29, 0.717) is 25.5 Å². The summed E-state index contributed by atoms with van der Waals surface area (Å²) in [4.78, 5) is 25.7. The molecule has 2 rings (SSSR count). The Balaban J connectivity index is 1.91. The molecule has 2 aliphatic rings. The Morgan fingerprint density at radius 1 is 1.19 bits per heavy atom. The van der Waals surface area contributed by atoms with Crippen LogP contribution in [0, 0.1) is 11.8 Å². The van der Waals surface area contributed by atoms with Crippen molar-refractivity contribution >= 4 is 12.0 Å². The molecule has 1 aliphatic carbocycles. The molecule has 21 heavy (non-hydrogen) atoms. The zero-order chi connectivity index (χ0) is 15.2. The number of ether oxygens (including phenoxy) is 1. The molecule has 1 N–H and O–H groups in total. The summed E-state index contributed by atoms with van der Waals surface area (Å²) in [6.45, 7) is 5.68. The van der Waals surface area contributed by atoms with Gasteiger partial charge in [-0.15, -0.1) is 0 Å². The summed E-state index contributed by atoms with van der Waals surface area (Å²) >= 11 is 0. The van der Waals surface area contributed by atoms with E-state index in [1.54, 1.807) is 6.92 Å². The van der Waals surface area contributed by atoms with Crippen molar-refractivity contribution in [1.82, 2.24) is 10.2 Å². The summed E-state index contributed by atoms with van der Waals surface area (Å²) in [5.74, 6) is 1.58. The van der Waals surface area contributed by atoms with E-state index in [2.05, 4.69) is 5.32 Å². The molecule has 1 heterocycles. The molecule has 0 aromatic carbocycles. The average Bonchev–Trinajstić information content (AvgIpc) is 3.23. The van der Waals surface area contributed by atoms with E-state index in [1.165, 1.54) is 19.3 Å². The molecule has 5 nitrogen and oxygen atoms in total. The minimum Gasteiger partial charge on any atom is -0.450 e. The molecule has 120 valence electrons. The fourth-order valence-electron chi connectivity index (χ4n) is 3.22. The van der Waals surface area contributed by atoms with Crippen LogP contribution in [0.15, 0.2) is 0 Å². The van der Waals surface area contributed by atoms with Crippen LogP contribution >= 0.6 is 0 Å². The highest BCUT2D eigenvalue weighted by molar-refractivity contribution is 5.76. The molecule has 0 aromatic rings. The molecule has 1 saturated carbocycles. The summed E-state index contributed by atoms with van der Waals surface area (Å²) in [5.41, 5.74) is 0. The molecule has 2 unspecified atom stereocenters. The number of rotatable bonds is 6. The minimum absolute atomic E-state index is 0.0300. The average molecular weight is 296 g/mol. The Labute approximate surface area is 127 Å². The molecule has 2 atom stereocenters. The second-order valence-electron chi connectivity index (χ2n) is 6.39. The largest absolute Gasteiger partial charge is 0.450 e. The monoisotopic (exact) mass is 296 g/mol. The third-order valence-electron chi connectivity index (χ3n) is 4.31. The summed E-state index contributed by atoms with van der Waals surface area (Å²) in [6.07, 6.45) is 5.92. The number of amides is 2. The van der Waals surface area contributed by atoms with Crippen LogP contribution in [0.5, 0.6) is 0 Å². The van der Waals surface area contributed by atoms with E-state index >= 15 is 0 Å². The first-order valence-corrected chi connectivity index (χ1v) is 8.33. The molecular weight excluding hydrogens is 268 g/mol. The van der Waals surface area contributed by atoms with Crippen molar-refractivity contribution < 1.29 is 14.3 Å². The van der Waals surface area contributed by atoms with Gasteiger partial charge in [-0.2, -0.15) is 0 Å². The maximum absolute atomic E-state index is 12.2. The second-order valence-corrected chi connectivity index (χ2v) is 6.39. The summed E-state index contributed by atoms with van der Waals surface area (Å²) in [5, 5.41) is 2.92.